The van der Waals surface area contributed by atoms with Gasteiger partial charge < -0.3 is 4.98 Å². The summed E-state index contributed by atoms with van der Waals surface area (Å²) >= 11 is 0. The molecular formula is C18H14N4O. The number of fused-ring (bicyclic) bond motifs is 2. The molecule has 1 amide bonds. The number of aromatic amines is 1. The number of carbonyl (C=O) groups is 1. The number of amides is 1. The van der Waals surface area contributed by atoms with E-state index in [-0.39, 0.29) is 5.91 Å². The summed E-state index contributed by atoms with van der Waals surface area (Å²) in [5.74, 6) is 5.00. The van der Waals surface area contributed by atoms with E-state index in [4.69, 9.17) is 10.8 Å². The van der Waals surface area contributed by atoms with Gasteiger partial charge in [0, 0.05) is 28.0 Å². The summed E-state index contributed by atoms with van der Waals surface area (Å²) in [5.41, 5.74) is 6.20. The van der Waals surface area contributed by atoms with Gasteiger partial charge in [0.2, 0.25) is 0 Å². The highest BCUT2D eigenvalue weighted by molar-refractivity contribution is 6.08. The Bertz CT molecular complexity index is 1040. The first-order chi connectivity index (χ1) is 11.3. The molecule has 4 N–H and O–H groups in total. The second kappa shape index (κ2) is 5.23. The summed E-state index contributed by atoms with van der Waals surface area (Å²) < 4.78 is 0. The molecule has 4 aromatic rings. The van der Waals surface area contributed by atoms with Gasteiger partial charge in [0.05, 0.1) is 16.8 Å². The van der Waals surface area contributed by atoms with Crippen molar-refractivity contribution in [3.8, 4) is 11.3 Å². The van der Waals surface area contributed by atoms with Crippen molar-refractivity contribution in [2.45, 2.75) is 0 Å². The summed E-state index contributed by atoms with van der Waals surface area (Å²) in [4.78, 5) is 20.1. The Morgan fingerprint density at radius 3 is 2.61 bits per heavy atom. The number of nitrogens with one attached hydrogen (secondary N) is 2. The Labute approximate surface area is 132 Å². The van der Waals surface area contributed by atoms with E-state index in [1.807, 2.05) is 54.7 Å². The average molecular weight is 302 g/mol. The Morgan fingerprint density at radius 1 is 1.04 bits per heavy atom. The fourth-order valence-corrected chi connectivity index (χ4v) is 2.86. The van der Waals surface area contributed by atoms with Gasteiger partial charge >= 0.3 is 0 Å². The van der Waals surface area contributed by atoms with Crippen molar-refractivity contribution in [1.29, 1.82) is 0 Å². The van der Waals surface area contributed by atoms with E-state index < -0.39 is 0 Å². The van der Waals surface area contributed by atoms with Crippen LogP contribution in [-0.4, -0.2) is 15.9 Å². The zero-order valence-corrected chi connectivity index (χ0v) is 12.2. The van der Waals surface area contributed by atoms with Crippen molar-refractivity contribution in [2.24, 2.45) is 5.84 Å². The highest BCUT2D eigenvalue weighted by Gasteiger charge is 2.14. The number of nitrogens with zero attached hydrogens (tertiary/aromatic N) is 1. The van der Waals surface area contributed by atoms with Crippen LogP contribution in [0.3, 0.4) is 0 Å². The van der Waals surface area contributed by atoms with E-state index in [1.165, 1.54) is 0 Å². The lowest BCUT2D eigenvalue weighted by molar-refractivity contribution is 0.0955. The lowest BCUT2D eigenvalue weighted by Gasteiger charge is -2.08. The minimum Gasteiger partial charge on any atom is -0.360 e. The van der Waals surface area contributed by atoms with Gasteiger partial charge in [0.1, 0.15) is 0 Å². The number of aromatic nitrogens is 2. The van der Waals surface area contributed by atoms with Crippen LogP contribution in [0.25, 0.3) is 33.1 Å². The first-order valence-electron chi connectivity index (χ1n) is 7.25. The summed E-state index contributed by atoms with van der Waals surface area (Å²) in [5, 5.41) is 1.84. The molecule has 0 fully saturated rings. The predicted octanol–water partition coefficient (Wildman–Crippen LogP) is 2.99. The van der Waals surface area contributed by atoms with Crippen LogP contribution >= 0.6 is 0 Å². The zero-order valence-electron chi connectivity index (χ0n) is 12.2. The number of nitrogens with two attached hydrogens (primary N) is 1. The van der Waals surface area contributed by atoms with E-state index in [2.05, 4.69) is 10.4 Å². The molecule has 0 radical (unpaired) electrons. The molecule has 2 aromatic heterocycles. The third-order valence-electron chi connectivity index (χ3n) is 3.96. The van der Waals surface area contributed by atoms with Gasteiger partial charge in [-0.3, -0.25) is 10.2 Å². The number of carbonyl (C=O) groups excluding carboxylic acids is 1. The van der Waals surface area contributed by atoms with E-state index >= 15 is 0 Å². The Hall–Kier alpha value is -3.18. The highest BCUT2D eigenvalue weighted by Crippen LogP contribution is 2.30. The monoisotopic (exact) mass is 302 g/mol. The van der Waals surface area contributed by atoms with Gasteiger partial charge in [0.15, 0.2) is 0 Å². The number of H-pyrrole nitrogens is 1. The van der Waals surface area contributed by atoms with Crippen molar-refractivity contribution < 1.29 is 4.79 Å². The highest BCUT2D eigenvalue weighted by atomic mass is 16.2. The minimum atomic E-state index is -0.329. The standard InChI is InChI=1S/C18H14N4O/c19-22-18(23)13-9-17(21-16-8-4-2-5-11(13)16)14-10-20-15-7-3-1-6-12(14)15/h1-10,20H,19H2,(H,22,23). The molecule has 0 unspecified atom stereocenters. The normalized spacial score (nSPS) is 11.0. The summed E-state index contributed by atoms with van der Waals surface area (Å²) in [7, 11) is 0. The first kappa shape index (κ1) is 13.5. The maximum absolute atomic E-state index is 12.1. The Morgan fingerprint density at radius 2 is 1.78 bits per heavy atom. The fraction of sp³-hybridized carbons (Fsp3) is 0. The number of nitrogen functional groups attached to an aromatic ring is 1. The second-order valence-electron chi connectivity index (χ2n) is 5.29. The molecule has 0 bridgehead atoms. The van der Waals surface area contributed by atoms with Gasteiger partial charge in [-0.2, -0.15) is 0 Å². The molecule has 5 nitrogen and oxygen atoms in total. The van der Waals surface area contributed by atoms with Crippen LogP contribution in [0, 0.1) is 0 Å². The average Bonchev–Trinajstić information content (AvgIpc) is 3.04. The SMILES string of the molecule is NNC(=O)c1cc(-c2c[nH]c3ccccc23)nc2ccccc12. The van der Waals surface area contributed by atoms with Gasteiger partial charge in [-0.05, 0) is 18.2 Å². The zero-order chi connectivity index (χ0) is 15.8. The van der Waals surface area contributed by atoms with Crippen LogP contribution in [0.1, 0.15) is 10.4 Å². The molecule has 0 saturated heterocycles. The number of benzene rings is 2. The molecule has 0 saturated carbocycles. The Kier molecular flexibility index (Phi) is 3.06. The molecule has 0 aliphatic carbocycles. The third-order valence-corrected chi connectivity index (χ3v) is 3.96. The van der Waals surface area contributed by atoms with Crippen molar-refractivity contribution in [2.75, 3.05) is 0 Å². The lowest BCUT2D eigenvalue weighted by atomic mass is 10.0. The van der Waals surface area contributed by atoms with E-state index in [1.54, 1.807) is 6.07 Å². The molecule has 2 heterocycles. The molecule has 112 valence electrons. The van der Waals surface area contributed by atoms with Crippen molar-refractivity contribution in [3.05, 3.63) is 66.4 Å². The van der Waals surface area contributed by atoms with Crippen LogP contribution in [0.2, 0.25) is 0 Å². The molecule has 5 heteroatoms. The van der Waals surface area contributed by atoms with Gasteiger partial charge in [-0.25, -0.2) is 10.8 Å². The summed E-state index contributed by atoms with van der Waals surface area (Å²) in [6.07, 6.45) is 1.91. The molecule has 2 aromatic carbocycles. The number of hydrogen-bond acceptors (Lipinski definition) is 3. The molecule has 0 aliphatic heterocycles. The number of para-hydroxylation sites is 2. The predicted molar refractivity (Wildman–Crippen MR) is 90.7 cm³/mol. The summed E-state index contributed by atoms with van der Waals surface area (Å²) in [6.45, 7) is 0. The van der Waals surface area contributed by atoms with Crippen molar-refractivity contribution in [3.63, 3.8) is 0 Å². The van der Waals surface area contributed by atoms with Crippen LogP contribution in [0.4, 0.5) is 0 Å². The Balaban J connectivity index is 2.02. The van der Waals surface area contributed by atoms with Gasteiger partial charge in [-0.1, -0.05) is 36.4 Å². The van der Waals surface area contributed by atoms with E-state index in [9.17, 15) is 4.79 Å². The number of hydrazine groups is 1. The smallest absolute Gasteiger partial charge is 0.265 e. The number of hydrogen-bond donors (Lipinski definition) is 3. The second-order valence-corrected chi connectivity index (χ2v) is 5.29. The van der Waals surface area contributed by atoms with Crippen LogP contribution in [-0.2, 0) is 0 Å². The first-order valence-corrected chi connectivity index (χ1v) is 7.25. The van der Waals surface area contributed by atoms with E-state index in [0.29, 0.717) is 5.56 Å². The maximum Gasteiger partial charge on any atom is 0.265 e. The maximum atomic E-state index is 12.1. The van der Waals surface area contributed by atoms with Crippen molar-refractivity contribution >= 4 is 27.7 Å². The largest absolute Gasteiger partial charge is 0.360 e. The quantitative estimate of drug-likeness (QED) is 0.302. The number of pyridine rings is 1. The molecule has 4 rings (SSSR count). The molecule has 0 atom stereocenters. The molecule has 0 aliphatic rings. The lowest BCUT2D eigenvalue weighted by Crippen LogP contribution is -2.30. The van der Waals surface area contributed by atoms with Crippen LogP contribution < -0.4 is 11.3 Å². The van der Waals surface area contributed by atoms with Crippen LogP contribution in [0.5, 0.6) is 0 Å². The third kappa shape index (κ3) is 2.15. The topological polar surface area (TPSA) is 83.8 Å². The minimum absolute atomic E-state index is 0.329. The fourth-order valence-electron chi connectivity index (χ4n) is 2.86. The number of rotatable bonds is 2. The molecule has 0 spiro atoms. The summed E-state index contributed by atoms with van der Waals surface area (Å²) in [6, 6.07) is 17.3. The van der Waals surface area contributed by atoms with Crippen molar-refractivity contribution in [1.82, 2.24) is 15.4 Å². The van der Waals surface area contributed by atoms with Gasteiger partial charge in [-0.15, -0.1) is 0 Å². The van der Waals surface area contributed by atoms with E-state index in [0.717, 1.165) is 33.1 Å². The van der Waals surface area contributed by atoms with Gasteiger partial charge in [0.25, 0.3) is 5.91 Å². The molecular weight excluding hydrogens is 288 g/mol. The van der Waals surface area contributed by atoms with Crippen LogP contribution in [0.15, 0.2) is 60.8 Å². The molecule has 23 heavy (non-hydrogen) atoms.